The quantitative estimate of drug-likeness (QED) is 0.647. The molecule has 4 heterocycles. The van der Waals surface area contributed by atoms with Crippen molar-refractivity contribution in [1.29, 1.82) is 0 Å². The zero-order valence-corrected chi connectivity index (χ0v) is 18.0. The Morgan fingerprint density at radius 1 is 1.07 bits per heavy atom. The molecule has 2 aliphatic rings. The van der Waals surface area contributed by atoms with Crippen LogP contribution in [0.4, 0.5) is 5.95 Å². The second-order valence-electron chi connectivity index (χ2n) is 7.87. The van der Waals surface area contributed by atoms with Crippen LogP contribution in [0.5, 0.6) is 5.88 Å². The van der Waals surface area contributed by atoms with Crippen LogP contribution in [0.1, 0.15) is 30.7 Å². The number of nitrogens with zero attached hydrogens (tertiary/aromatic N) is 6. The van der Waals surface area contributed by atoms with Gasteiger partial charge >= 0.3 is 0 Å². The summed E-state index contributed by atoms with van der Waals surface area (Å²) in [7, 11) is 1.62. The number of hydrogen-bond donors (Lipinski definition) is 1. The number of anilines is 1. The number of aryl methyl sites for hydroxylation is 1. The molecule has 0 bridgehead atoms. The van der Waals surface area contributed by atoms with Gasteiger partial charge in [0.15, 0.2) is 0 Å². The molecule has 3 aromatic rings. The predicted molar refractivity (Wildman–Crippen MR) is 117 cm³/mol. The number of thiazole rings is 1. The highest BCUT2D eigenvalue weighted by Crippen LogP contribution is 2.34. The third-order valence-electron chi connectivity index (χ3n) is 5.80. The van der Waals surface area contributed by atoms with Gasteiger partial charge in [0.05, 0.1) is 34.4 Å². The van der Waals surface area contributed by atoms with Gasteiger partial charge in [-0.1, -0.05) is 6.42 Å². The Balaban J connectivity index is 1.30. The molecule has 1 aliphatic heterocycles. The summed E-state index contributed by atoms with van der Waals surface area (Å²) >= 11 is 1.61. The van der Waals surface area contributed by atoms with E-state index in [1.807, 2.05) is 25.3 Å². The van der Waals surface area contributed by atoms with Crippen molar-refractivity contribution in [2.24, 2.45) is 0 Å². The maximum Gasteiger partial charge on any atom is 0.245 e. The molecule has 1 saturated carbocycles. The second kappa shape index (κ2) is 8.23. The SMILES string of the molecule is COc1nc(-c2cnc(N3CCC(NC4CCC4)C3)nn2)ccc1-c1cnc(C)s1. The Labute approximate surface area is 179 Å². The smallest absolute Gasteiger partial charge is 0.245 e. The Hall–Kier alpha value is -2.65. The van der Waals surface area contributed by atoms with Gasteiger partial charge < -0.3 is 15.0 Å². The van der Waals surface area contributed by atoms with Gasteiger partial charge in [-0.2, -0.15) is 0 Å². The van der Waals surface area contributed by atoms with Crippen molar-refractivity contribution in [1.82, 2.24) is 30.5 Å². The zero-order chi connectivity index (χ0) is 20.5. The van der Waals surface area contributed by atoms with Crippen LogP contribution in [0, 0.1) is 6.92 Å². The first-order valence-electron chi connectivity index (χ1n) is 10.4. The molecule has 0 radical (unpaired) electrons. The normalized spacial score (nSPS) is 19.1. The van der Waals surface area contributed by atoms with Crippen molar-refractivity contribution in [3.8, 4) is 27.7 Å². The molecule has 9 heteroatoms. The standard InChI is InChI=1S/C21H25N7OS/c1-13-22-11-19(30-13)16-6-7-17(25-20(16)29-2)18-10-23-21(27-26-18)28-9-8-15(12-28)24-14-4-3-5-14/h6-7,10-11,14-15,24H,3-5,8-9,12H2,1-2H3. The van der Waals surface area contributed by atoms with Gasteiger partial charge in [-0.05, 0) is 38.3 Å². The summed E-state index contributed by atoms with van der Waals surface area (Å²) < 4.78 is 5.52. The van der Waals surface area contributed by atoms with E-state index in [9.17, 15) is 0 Å². The predicted octanol–water partition coefficient (Wildman–Crippen LogP) is 3.09. The van der Waals surface area contributed by atoms with Crippen LogP contribution in [0.2, 0.25) is 0 Å². The first-order valence-corrected chi connectivity index (χ1v) is 11.2. The highest BCUT2D eigenvalue weighted by molar-refractivity contribution is 7.15. The fraction of sp³-hybridized carbons (Fsp3) is 0.476. The maximum atomic E-state index is 5.52. The molecular formula is C21H25N7OS. The van der Waals surface area contributed by atoms with Gasteiger partial charge in [0.1, 0.15) is 5.69 Å². The lowest BCUT2D eigenvalue weighted by Gasteiger charge is -2.29. The van der Waals surface area contributed by atoms with Crippen LogP contribution in [0.25, 0.3) is 21.8 Å². The van der Waals surface area contributed by atoms with Crippen LogP contribution in [0.3, 0.4) is 0 Å². The molecule has 156 valence electrons. The summed E-state index contributed by atoms with van der Waals surface area (Å²) in [5.74, 6) is 1.23. The number of ether oxygens (including phenoxy) is 1. The van der Waals surface area contributed by atoms with Crippen LogP contribution in [-0.4, -0.2) is 57.4 Å². The van der Waals surface area contributed by atoms with E-state index < -0.39 is 0 Å². The van der Waals surface area contributed by atoms with Crippen LogP contribution in [-0.2, 0) is 0 Å². The van der Waals surface area contributed by atoms with Gasteiger partial charge in [-0.25, -0.2) is 15.0 Å². The Bertz CT molecular complexity index is 1020. The summed E-state index contributed by atoms with van der Waals surface area (Å²) in [4.78, 5) is 16.7. The Morgan fingerprint density at radius 2 is 1.97 bits per heavy atom. The summed E-state index contributed by atoms with van der Waals surface area (Å²) in [5.41, 5.74) is 2.24. The van der Waals surface area contributed by atoms with E-state index in [2.05, 4.69) is 35.4 Å². The molecule has 3 aromatic heterocycles. The van der Waals surface area contributed by atoms with Crippen LogP contribution < -0.4 is 15.0 Å². The second-order valence-corrected chi connectivity index (χ2v) is 9.10. The van der Waals surface area contributed by atoms with Crippen LogP contribution in [0.15, 0.2) is 24.5 Å². The van der Waals surface area contributed by atoms with Crippen molar-refractivity contribution in [3.63, 3.8) is 0 Å². The van der Waals surface area contributed by atoms with Gasteiger partial charge in [-0.15, -0.1) is 21.5 Å². The summed E-state index contributed by atoms with van der Waals surface area (Å²) in [6.45, 7) is 3.88. The van der Waals surface area contributed by atoms with E-state index >= 15 is 0 Å². The first kappa shape index (κ1) is 19.3. The minimum Gasteiger partial charge on any atom is -0.481 e. The number of rotatable bonds is 6. The Kier molecular flexibility index (Phi) is 5.30. The molecule has 1 atom stereocenters. The lowest BCUT2D eigenvalue weighted by atomic mass is 9.92. The molecule has 1 N–H and O–H groups in total. The lowest BCUT2D eigenvalue weighted by molar-refractivity contribution is 0.311. The minimum atomic E-state index is 0.521. The minimum absolute atomic E-state index is 0.521. The van der Waals surface area contributed by atoms with Crippen molar-refractivity contribution in [2.45, 2.75) is 44.7 Å². The molecule has 1 unspecified atom stereocenters. The van der Waals surface area contributed by atoms with E-state index in [0.717, 1.165) is 35.0 Å². The number of hydrogen-bond acceptors (Lipinski definition) is 9. The summed E-state index contributed by atoms with van der Waals surface area (Å²) in [6, 6.07) is 5.13. The molecular weight excluding hydrogens is 398 g/mol. The third-order valence-corrected chi connectivity index (χ3v) is 6.75. The average molecular weight is 424 g/mol. The van der Waals surface area contributed by atoms with E-state index in [-0.39, 0.29) is 0 Å². The van der Waals surface area contributed by atoms with Crippen molar-refractivity contribution >= 4 is 17.3 Å². The molecule has 0 aromatic carbocycles. The molecule has 2 fully saturated rings. The average Bonchev–Trinajstić information content (AvgIpc) is 3.39. The summed E-state index contributed by atoms with van der Waals surface area (Å²) in [5, 5.41) is 13.5. The maximum absolute atomic E-state index is 5.52. The number of nitrogens with one attached hydrogen (secondary N) is 1. The van der Waals surface area contributed by atoms with Gasteiger partial charge in [0.2, 0.25) is 11.8 Å². The fourth-order valence-electron chi connectivity index (χ4n) is 3.93. The van der Waals surface area contributed by atoms with Gasteiger partial charge in [0, 0.05) is 31.4 Å². The van der Waals surface area contributed by atoms with Crippen LogP contribution >= 0.6 is 11.3 Å². The van der Waals surface area contributed by atoms with Crippen molar-refractivity contribution in [2.75, 3.05) is 25.1 Å². The molecule has 30 heavy (non-hydrogen) atoms. The number of methoxy groups -OCH3 is 1. The first-order chi connectivity index (χ1) is 14.7. The summed E-state index contributed by atoms with van der Waals surface area (Å²) in [6.07, 6.45) is 8.68. The zero-order valence-electron chi connectivity index (χ0n) is 17.2. The highest BCUT2D eigenvalue weighted by Gasteiger charge is 2.28. The fourth-order valence-corrected chi connectivity index (χ4v) is 4.72. The van der Waals surface area contributed by atoms with Gasteiger partial charge in [0.25, 0.3) is 0 Å². The van der Waals surface area contributed by atoms with Crippen molar-refractivity contribution in [3.05, 3.63) is 29.5 Å². The van der Waals surface area contributed by atoms with E-state index in [1.54, 1.807) is 24.6 Å². The highest BCUT2D eigenvalue weighted by atomic mass is 32.1. The largest absolute Gasteiger partial charge is 0.481 e. The molecule has 5 rings (SSSR count). The molecule has 0 spiro atoms. The third kappa shape index (κ3) is 3.87. The monoisotopic (exact) mass is 423 g/mol. The van der Waals surface area contributed by atoms with E-state index in [4.69, 9.17) is 4.74 Å². The molecule has 1 aliphatic carbocycles. The molecule has 8 nitrogen and oxygen atoms in total. The van der Waals surface area contributed by atoms with E-state index in [0.29, 0.717) is 35.3 Å². The Morgan fingerprint density at radius 3 is 2.63 bits per heavy atom. The number of pyridine rings is 1. The van der Waals surface area contributed by atoms with Gasteiger partial charge in [-0.3, -0.25) is 0 Å². The molecule has 1 saturated heterocycles. The molecule has 0 amide bonds. The number of aromatic nitrogens is 5. The van der Waals surface area contributed by atoms with E-state index in [1.165, 1.54) is 19.3 Å². The van der Waals surface area contributed by atoms with Crippen molar-refractivity contribution < 1.29 is 4.74 Å². The lowest BCUT2D eigenvalue weighted by Crippen LogP contribution is -2.43. The topological polar surface area (TPSA) is 89.0 Å².